The Morgan fingerprint density at radius 2 is 1.62 bits per heavy atom. The second kappa shape index (κ2) is 6.98. The van der Waals surface area contributed by atoms with E-state index in [0.29, 0.717) is 6.08 Å². The second-order valence-electron chi connectivity index (χ2n) is 5.17. The largest absolute Gasteiger partial charge is 0.479 e. The minimum Gasteiger partial charge on any atom is -0.479 e. The van der Waals surface area contributed by atoms with Gasteiger partial charge in [-0.1, -0.05) is 0 Å². The Kier molecular flexibility index (Phi) is 5.39. The van der Waals surface area contributed by atoms with Crippen LogP contribution in [0.5, 0.6) is 0 Å². The Labute approximate surface area is 133 Å². The van der Waals surface area contributed by atoms with E-state index in [1.807, 2.05) is 0 Å². The Morgan fingerprint density at radius 1 is 1.00 bits per heavy atom. The standard InChI is InChI=1S/C12H16O12/c13-2-1-3(9(17)18)22-12(4(2)14)24-7-5(15)6(16)11(21)23-8(7)10(19)20/h1-2,4-8,11-16,21H,(H,17,18)(H,19,20)/t2-,4-,5+,6-,7-,8+,11?,12-/m0/s1. The normalized spacial score (nSPS) is 42.8. The average Bonchev–Trinajstić information content (AvgIpc) is 2.51. The van der Waals surface area contributed by atoms with Gasteiger partial charge in [0.25, 0.3) is 0 Å². The molecular weight excluding hydrogens is 336 g/mol. The highest BCUT2D eigenvalue weighted by Crippen LogP contribution is 2.27. The van der Waals surface area contributed by atoms with E-state index in [1.165, 1.54) is 0 Å². The monoisotopic (exact) mass is 352 g/mol. The van der Waals surface area contributed by atoms with Gasteiger partial charge >= 0.3 is 11.9 Å². The molecule has 2 aliphatic rings. The molecule has 0 spiro atoms. The number of hydrogen-bond acceptors (Lipinski definition) is 10. The van der Waals surface area contributed by atoms with Crippen LogP contribution in [0.4, 0.5) is 0 Å². The summed E-state index contributed by atoms with van der Waals surface area (Å²) in [5.74, 6) is -4.01. The summed E-state index contributed by atoms with van der Waals surface area (Å²) in [5.41, 5.74) is 0. The lowest BCUT2D eigenvalue weighted by atomic mass is 9.98. The van der Waals surface area contributed by atoms with E-state index >= 15 is 0 Å². The van der Waals surface area contributed by atoms with Crippen molar-refractivity contribution in [2.75, 3.05) is 0 Å². The smallest absolute Gasteiger partial charge is 0.371 e. The van der Waals surface area contributed by atoms with Crippen molar-refractivity contribution in [3.63, 3.8) is 0 Å². The van der Waals surface area contributed by atoms with Crippen LogP contribution in [-0.2, 0) is 23.8 Å². The molecular formula is C12H16O12. The van der Waals surface area contributed by atoms with E-state index in [0.717, 1.165) is 0 Å². The molecule has 2 rings (SSSR count). The van der Waals surface area contributed by atoms with E-state index in [4.69, 9.17) is 19.7 Å². The molecule has 0 aliphatic carbocycles. The third kappa shape index (κ3) is 3.49. The summed E-state index contributed by atoms with van der Waals surface area (Å²) < 4.78 is 14.4. The number of aliphatic hydroxyl groups excluding tert-OH is 5. The first kappa shape index (κ1) is 18.5. The van der Waals surface area contributed by atoms with Crippen LogP contribution in [0.2, 0.25) is 0 Å². The maximum Gasteiger partial charge on any atom is 0.371 e. The number of hydrogen-bond donors (Lipinski definition) is 7. The molecule has 24 heavy (non-hydrogen) atoms. The summed E-state index contributed by atoms with van der Waals surface area (Å²) in [7, 11) is 0. The van der Waals surface area contributed by atoms with Crippen molar-refractivity contribution in [2.45, 2.75) is 49.2 Å². The Morgan fingerprint density at radius 3 is 2.17 bits per heavy atom. The van der Waals surface area contributed by atoms with E-state index in [9.17, 15) is 35.1 Å². The first-order valence-corrected chi connectivity index (χ1v) is 6.69. The van der Waals surface area contributed by atoms with Crippen LogP contribution >= 0.6 is 0 Å². The molecule has 0 aromatic carbocycles. The summed E-state index contributed by atoms with van der Waals surface area (Å²) in [5, 5.41) is 66.0. The van der Waals surface area contributed by atoms with Crippen LogP contribution in [-0.4, -0.2) is 96.9 Å². The van der Waals surface area contributed by atoms with Gasteiger partial charge in [-0.2, -0.15) is 0 Å². The summed E-state index contributed by atoms with van der Waals surface area (Å²) >= 11 is 0. The zero-order chi connectivity index (χ0) is 18.2. The highest BCUT2D eigenvalue weighted by atomic mass is 16.7. The predicted octanol–water partition coefficient (Wildman–Crippen LogP) is -4.06. The van der Waals surface area contributed by atoms with Crippen molar-refractivity contribution in [3.8, 4) is 0 Å². The van der Waals surface area contributed by atoms with Gasteiger partial charge in [0.05, 0.1) is 0 Å². The lowest BCUT2D eigenvalue weighted by molar-refractivity contribution is -0.319. The molecule has 0 bridgehead atoms. The third-order valence-electron chi connectivity index (χ3n) is 3.50. The maximum absolute atomic E-state index is 11.2. The summed E-state index contributed by atoms with van der Waals surface area (Å²) in [6.07, 6.45) is -14.3. The van der Waals surface area contributed by atoms with E-state index in [2.05, 4.69) is 4.74 Å². The number of carboxylic acid groups (broad SMARTS) is 2. The van der Waals surface area contributed by atoms with Crippen molar-refractivity contribution < 1.29 is 59.5 Å². The van der Waals surface area contributed by atoms with Gasteiger partial charge in [-0.3, -0.25) is 0 Å². The molecule has 0 amide bonds. The van der Waals surface area contributed by atoms with Gasteiger partial charge in [0.15, 0.2) is 12.4 Å². The lowest BCUT2D eigenvalue weighted by Crippen LogP contribution is -2.62. The van der Waals surface area contributed by atoms with Crippen molar-refractivity contribution in [3.05, 3.63) is 11.8 Å². The Bertz CT molecular complexity index is 532. The fraction of sp³-hybridized carbons (Fsp3) is 0.667. The van der Waals surface area contributed by atoms with E-state index < -0.39 is 66.9 Å². The molecule has 0 saturated carbocycles. The third-order valence-corrected chi connectivity index (χ3v) is 3.50. The fourth-order valence-electron chi connectivity index (χ4n) is 2.23. The first-order valence-electron chi connectivity index (χ1n) is 6.69. The van der Waals surface area contributed by atoms with Crippen LogP contribution in [0.15, 0.2) is 11.8 Å². The highest BCUT2D eigenvalue weighted by molar-refractivity contribution is 5.84. The zero-order valence-electron chi connectivity index (χ0n) is 11.9. The molecule has 0 aromatic rings. The van der Waals surface area contributed by atoms with Gasteiger partial charge in [0.1, 0.15) is 30.5 Å². The molecule has 0 radical (unpaired) electrons. The molecule has 2 heterocycles. The predicted molar refractivity (Wildman–Crippen MR) is 68.0 cm³/mol. The molecule has 1 saturated heterocycles. The van der Waals surface area contributed by atoms with Crippen LogP contribution < -0.4 is 0 Å². The van der Waals surface area contributed by atoms with Gasteiger partial charge in [-0.25, -0.2) is 9.59 Å². The molecule has 8 atom stereocenters. The fourth-order valence-corrected chi connectivity index (χ4v) is 2.23. The van der Waals surface area contributed by atoms with Crippen molar-refractivity contribution >= 4 is 11.9 Å². The average molecular weight is 352 g/mol. The molecule has 12 heteroatoms. The minimum atomic E-state index is -2.00. The van der Waals surface area contributed by atoms with Crippen LogP contribution in [0.3, 0.4) is 0 Å². The summed E-state index contributed by atoms with van der Waals surface area (Å²) in [6.45, 7) is 0. The SMILES string of the molecule is O=C(O)C1=C[C@H](O)[C@H](O)[C@H](O[C@H]2[C@H](O)[C@H](O)C(O)O[C@H]2C(=O)O)O1. The Hall–Kier alpha value is -1.80. The number of carboxylic acids is 2. The summed E-state index contributed by atoms with van der Waals surface area (Å²) in [6, 6.07) is 0. The number of ether oxygens (including phenoxy) is 3. The Balaban J connectivity index is 2.21. The van der Waals surface area contributed by atoms with Gasteiger partial charge in [0.2, 0.25) is 12.0 Å². The molecule has 12 nitrogen and oxygen atoms in total. The minimum absolute atomic E-state index is 0.702. The molecule has 2 aliphatic heterocycles. The van der Waals surface area contributed by atoms with Crippen LogP contribution in [0, 0.1) is 0 Å². The molecule has 1 fully saturated rings. The van der Waals surface area contributed by atoms with Crippen molar-refractivity contribution in [1.29, 1.82) is 0 Å². The van der Waals surface area contributed by atoms with Crippen LogP contribution in [0.1, 0.15) is 0 Å². The number of aliphatic hydroxyl groups is 5. The molecule has 136 valence electrons. The van der Waals surface area contributed by atoms with Gasteiger partial charge in [-0.05, 0) is 6.08 Å². The zero-order valence-corrected chi connectivity index (χ0v) is 11.9. The van der Waals surface area contributed by atoms with Gasteiger partial charge < -0.3 is 50.0 Å². The van der Waals surface area contributed by atoms with Gasteiger partial charge in [-0.15, -0.1) is 0 Å². The highest BCUT2D eigenvalue weighted by Gasteiger charge is 2.50. The van der Waals surface area contributed by atoms with Crippen molar-refractivity contribution in [2.24, 2.45) is 0 Å². The molecule has 0 aromatic heterocycles. The van der Waals surface area contributed by atoms with E-state index in [-0.39, 0.29) is 0 Å². The number of rotatable bonds is 4. The van der Waals surface area contributed by atoms with Gasteiger partial charge in [0, 0.05) is 0 Å². The molecule has 1 unspecified atom stereocenters. The van der Waals surface area contributed by atoms with Crippen molar-refractivity contribution in [1.82, 2.24) is 0 Å². The summed E-state index contributed by atoms with van der Waals surface area (Å²) in [4.78, 5) is 22.0. The topological polar surface area (TPSA) is 203 Å². The number of carbonyl (C=O) groups is 2. The number of aliphatic carboxylic acids is 2. The maximum atomic E-state index is 11.2. The van der Waals surface area contributed by atoms with Crippen LogP contribution in [0.25, 0.3) is 0 Å². The second-order valence-corrected chi connectivity index (χ2v) is 5.17. The quantitative estimate of drug-likeness (QED) is 0.258. The molecule has 7 N–H and O–H groups in total. The first-order chi connectivity index (χ1) is 11.1. The van der Waals surface area contributed by atoms with E-state index in [1.54, 1.807) is 0 Å². The lowest BCUT2D eigenvalue weighted by Gasteiger charge is -2.41.